The third-order valence-corrected chi connectivity index (χ3v) is 3.90. The molecule has 0 aromatic heterocycles. The number of rotatable bonds is 4. The fraction of sp³-hybridized carbons (Fsp3) is 0.0667. The summed E-state index contributed by atoms with van der Waals surface area (Å²) in [5.41, 5.74) is -0.802. The minimum Gasteiger partial charge on any atom is -0.478 e. The quantitative estimate of drug-likeness (QED) is 0.646. The van der Waals surface area contributed by atoms with E-state index in [-0.39, 0.29) is 39.8 Å². The summed E-state index contributed by atoms with van der Waals surface area (Å²) in [6, 6.07) is 2.18. The molecule has 8 nitrogen and oxygen atoms in total. The molecule has 0 atom stereocenters. The molecule has 23 heavy (non-hydrogen) atoms. The zero-order valence-corrected chi connectivity index (χ0v) is 11.3. The zero-order chi connectivity index (χ0) is 17.0. The predicted octanol–water partition coefficient (Wildman–Crippen LogP) is 1.18. The fourth-order valence-corrected chi connectivity index (χ4v) is 3.04. The molecule has 0 radical (unpaired) electrons. The number of carboxylic acid groups (broad SMARTS) is 4. The van der Waals surface area contributed by atoms with E-state index < -0.39 is 35.0 Å². The third-order valence-electron chi connectivity index (χ3n) is 3.90. The van der Waals surface area contributed by atoms with Crippen molar-refractivity contribution in [3.63, 3.8) is 0 Å². The van der Waals surface area contributed by atoms with Crippen LogP contribution in [0.3, 0.4) is 0 Å². The number of fused-ring (bicyclic) bond motifs is 5. The number of aliphatic carboxylic acids is 2. The van der Waals surface area contributed by atoms with Gasteiger partial charge in [-0.2, -0.15) is 0 Å². The lowest BCUT2D eigenvalue weighted by molar-refractivity contribution is -0.136. The molecule has 3 rings (SSSR count). The maximum Gasteiger partial charge on any atom is 0.336 e. The van der Waals surface area contributed by atoms with E-state index in [2.05, 4.69) is 0 Å². The van der Waals surface area contributed by atoms with Gasteiger partial charge in [0, 0.05) is 6.42 Å². The molecular weight excluding hydrogens is 308 g/mol. The van der Waals surface area contributed by atoms with Crippen LogP contribution >= 0.6 is 0 Å². The van der Waals surface area contributed by atoms with Gasteiger partial charge in [-0.15, -0.1) is 0 Å². The normalized spacial score (nSPS) is 15.0. The topological polar surface area (TPSA) is 149 Å². The van der Waals surface area contributed by atoms with Crippen molar-refractivity contribution in [3.8, 4) is 0 Å². The highest BCUT2D eigenvalue weighted by molar-refractivity contribution is 6.24. The second-order valence-corrected chi connectivity index (χ2v) is 5.05. The molecule has 2 aliphatic rings. The maximum atomic E-state index is 11.3. The van der Waals surface area contributed by atoms with E-state index in [1.165, 1.54) is 0 Å². The lowest BCUT2D eigenvalue weighted by Gasteiger charge is -2.14. The summed E-state index contributed by atoms with van der Waals surface area (Å²) in [5.74, 6) is -5.76. The first-order valence-corrected chi connectivity index (χ1v) is 6.32. The van der Waals surface area contributed by atoms with Crippen molar-refractivity contribution in [2.75, 3.05) is 0 Å². The van der Waals surface area contributed by atoms with Crippen molar-refractivity contribution < 1.29 is 39.6 Å². The van der Waals surface area contributed by atoms with Gasteiger partial charge in [-0.05, 0) is 34.4 Å². The summed E-state index contributed by atoms with van der Waals surface area (Å²) in [6.07, 6.45) is 0.0285. The number of allylic oxidation sites excluding steroid dienone is 2. The highest BCUT2D eigenvalue weighted by Gasteiger charge is 2.41. The van der Waals surface area contributed by atoms with Crippen LogP contribution in [-0.2, 0) is 9.59 Å². The average Bonchev–Trinajstić information content (AvgIpc) is 3.01. The summed E-state index contributed by atoms with van der Waals surface area (Å²) in [6.45, 7) is 0. The summed E-state index contributed by atoms with van der Waals surface area (Å²) in [7, 11) is 0. The molecule has 0 aliphatic heterocycles. The van der Waals surface area contributed by atoms with Crippen molar-refractivity contribution in [2.24, 2.45) is 0 Å². The molecular formula is C15H8O8. The van der Waals surface area contributed by atoms with Crippen LogP contribution in [0.1, 0.15) is 38.3 Å². The Morgan fingerprint density at radius 2 is 1.00 bits per heavy atom. The highest BCUT2D eigenvalue weighted by atomic mass is 16.4. The van der Waals surface area contributed by atoms with E-state index >= 15 is 0 Å². The van der Waals surface area contributed by atoms with Crippen molar-refractivity contribution >= 4 is 35.0 Å². The molecule has 1 aromatic rings. The van der Waals surface area contributed by atoms with Crippen LogP contribution < -0.4 is 0 Å². The Morgan fingerprint density at radius 3 is 1.26 bits per heavy atom. The first-order valence-electron chi connectivity index (χ1n) is 6.32. The summed E-state index contributed by atoms with van der Waals surface area (Å²) in [4.78, 5) is 45.1. The number of aromatic carboxylic acids is 2. The van der Waals surface area contributed by atoms with Gasteiger partial charge < -0.3 is 20.4 Å². The van der Waals surface area contributed by atoms with Crippen LogP contribution in [0, 0.1) is 0 Å². The molecule has 1 aromatic carbocycles. The Labute approximate surface area is 127 Å². The van der Waals surface area contributed by atoms with E-state index in [0.29, 0.717) is 0 Å². The van der Waals surface area contributed by atoms with Crippen LogP contribution in [-0.4, -0.2) is 44.3 Å². The molecule has 2 aliphatic carbocycles. The monoisotopic (exact) mass is 316 g/mol. The Morgan fingerprint density at radius 1 is 0.652 bits per heavy atom. The van der Waals surface area contributed by atoms with Crippen molar-refractivity contribution in [2.45, 2.75) is 6.42 Å². The smallest absolute Gasteiger partial charge is 0.336 e. The molecule has 0 amide bonds. The minimum atomic E-state index is -1.46. The van der Waals surface area contributed by atoms with Gasteiger partial charge in [0.15, 0.2) is 0 Å². The number of carboxylic acids is 4. The molecule has 4 N–H and O–H groups in total. The van der Waals surface area contributed by atoms with E-state index in [1.54, 1.807) is 0 Å². The van der Waals surface area contributed by atoms with Crippen LogP contribution in [0.25, 0.3) is 11.1 Å². The van der Waals surface area contributed by atoms with Crippen LogP contribution in [0.4, 0.5) is 0 Å². The van der Waals surface area contributed by atoms with E-state index in [0.717, 1.165) is 12.1 Å². The first-order chi connectivity index (χ1) is 10.7. The second-order valence-electron chi connectivity index (χ2n) is 5.05. The van der Waals surface area contributed by atoms with Gasteiger partial charge in [0.05, 0.1) is 22.3 Å². The Balaban J connectivity index is 2.37. The van der Waals surface area contributed by atoms with Gasteiger partial charge in [0.2, 0.25) is 0 Å². The number of hydrogen-bond donors (Lipinski definition) is 4. The van der Waals surface area contributed by atoms with Crippen LogP contribution in [0.2, 0.25) is 0 Å². The minimum absolute atomic E-state index is 0.0285. The molecule has 8 heteroatoms. The standard InChI is InChI=1S/C15H8O8/c16-12(17)8-1-4-5(2-9(8)13(18)19)7-3-6(4)10(14(20)21)11(7)15(22)23/h1-2H,3H2,(H,16,17)(H,18,19)(H,20,21)(H,22,23). The fourth-order valence-electron chi connectivity index (χ4n) is 3.04. The molecule has 2 bridgehead atoms. The first kappa shape index (κ1) is 14.5. The molecule has 0 heterocycles. The lowest BCUT2D eigenvalue weighted by Crippen LogP contribution is -2.15. The zero-order valence-electron chi connectivity index (χ0n) is 11.3. The Kier molecular flexibility index (Phi) is 2.86. The maximum absolute atomic E-state index is 11.3. The van der Waals surface area contributed by atoms with Gasteiger partial charge >= 0.3 is 23.9 Å². The highest BCUT2D eigenvalue weighted by Crippen LogP contribution is 2.52. The summed E-state index contributed by atoms with van der Waals surface area (Å²) >= 11 is 0. The van der Waals surface area contributed by atoms with Crippen molar-refractivity contribution in [1.29, 1.82) is 0 Å². The summed E-state index contributed by atoms with van der Waals surface area (Å²) in [5, 5.41) is 36.7. The Bertz CT molecular complexity index is 827. The van der Waals surface area contributed by atoms with Crippen molar-refractivity contribution in [3.05, 3.63) is 45.5 Å². The molecule has 0 fully saturated rings. The number of benzene rings is 1. The van der Waals surface area contributed by atoms with Gasteiger partial charge in [0.25, 0.3) is 0 Å². The van der Waals surface area contributed by atoms with Crippen LogP contribution in [0.15, 0.2) is 23.3 Å². The number of carbonyl (C=O) groups is 4. The molecule has 0 saturated carbocycles. The molecule has 0 unspecified atom stereocenters. The molecule has 116 valence electrons. The predicted molar refractivity (Wildman–Crippen MR) is 74.1 cm³/mol. The van der Waals surface area contributed by atoms with Gasteiger partial charge in [0.1, 0.15) is 0 Å². The van der Waals surface area contributed by atoms with Gasteiger partial charge in [-0.1, -0.05) is 0 Å². The average molecular weight is 316 g/mol. The second kappa shape index (κ2) is 4.54. The number of hydrogen-bond acceptors (Lipinski definition) is 4. The van der Waals surface area contributed by atoms with E-state index in [4.69, 9.17) is 10.2 Å². The summed E-state index contributed by atoms with van der Waals surface area (Å²) < 4.78 is 0. The largest absolute Gasteiger partial charge is 0.478 e. The lowest BCUT2D eigenvalue weighted by atomic mass is 9.89. The molecule has 0 saturated heterocycles. The van der Waals surface area contributed by atoms with Gasteiger partial charge in [-0.25, -0.2) is 19.2 Å². The van der Waals surface area contributed by atoms with Crippen LogP contribution in [0.5, 0.6) is 0 Å². The third kappa shape index (κ3) is 1.85. The van der Waals surface area contributed by atoms with Crippen molar-refractivity contribution in [1.82, 2.24) is 0 Å². The van der Waals surface area contributed by atoms with Gasteiger partial charge in [-0.3, -0.25) is 0 Å². The Hall–Kier alpha value is -3.42. The molecule has 0 spiro atoms. The SMILES string of the molecule is O=C(O)C1=C2CC(=C1C(=O)O)c1cc(C(=O)O)c(C(=O)O)cc12. The van der Waals surface area contributed by atoms with E-state index in [1.807, 2.05) is 0 Å². The van der Waals surface area contributed by atoms with E-state index in [9.17, 15) is 29.4 Å².